The molecule has 3 rings (SSSR count). The zero-order chi connectivity index (χ0) is 18.7. The lowest BCUT2D eigenvalue weighted by Gasteiger charge is -2.04. The fourth-order valence-electron chi connectivity index (χ4n) is 2.61. The number of nitrogens with zero attached hydrogens (tertiary/aromatic N) is 3. The Hall–Kier alpha value is -2.35. The van der Waals surface area contributed by atoms with Gasteiger partial charge in [-0.1, -0.05) is 11.3 Å². The highest BCUT2D eigenvalue weighted by atomic mass is 35.5. The SMILES string of the molecule is CC(=O)c1sc(=Nc2ccc(-c3ccc(F)cc3)nc2)n(CCO)c1C.Cl. The number of Topliss-reactive ketones (excluding diaryl/α,β-unsaturated/α-hetero) is 1. The van der Waals surface area contributed by atoms with Gasteiger partial charge in [0, 0.05) is 24.7 Å². The van der Waals surface area contributed by atoms with Crippen molar-refractivity contribution in [2.75, 3.05) is 6.61 Å². The molecule has 0 amide bonds. The first-order valence-electron chi connectivity index (χ1n) is 8.08. The predicted octanol–water partition coefficient (Wildman–Crippen LogP) is 3.91. The summed E-state index contributed by atoms with van der Waals surface area (Å²) in [5, 5.41) is 9.28. The smallest absolute Gasteiger partial charge is 0.190 e. The fraction of sp³-hybridized carbons (Fsp3) is 0.211. The third-order valence-electron chi connectivity index (χ3n) is 3.91. The summed E-state index contributed by atoms with van der Waals surface area (Å²) in [6.07, 6.45) is 1.63. The van der Waals surface area contributed by atoms with E-state index < -0.39 is 0 Å². The molecule has 0 radical (unpaired) electrons. The zero-order valence-electron chi connectivity index (χ0n) is 14.8. The Kier molecular flexibility index (Phi) is 7.01. The largest absolute Gasteiger partial charge is 0.395 e. The first kappa shape index (κ1) is 21.0. The van der Waals surface area contributed by atoms with E-state index in [-0.39, 0.29) is 30.6 Å². The number of halogens is 2. The lowest BCUT2D eigenvalue weighted by atomic mass is 10.1. The van der Waals surface area contributed by atoms with Gasteiger partial charge in [0.25, 0.3) is 0 Å². The molecule has 0 aliphatic carbocycles. The molecular formula is C19H19ClFN3O2S. The maximum Gasteiger partial charge on any atom is 0.190 e. The van der Waals surface area contributed by atoms with E-state index in [0.717, 1.165) is 17.0 Å². The Morgan fingerprint density at radius 1 is 1.26 bits per heavy atom. The minimum atomic E-state index is -0.289. The zero-order valence-corrected chi connectivity index (χ0v) is 16.5. The molecule has 5 nitrogen and oxygen atoms in total. The topological polar surface area (TPSA) is 67.5 Å². The van der Waals surface area contributed by atoms with E-state index in [2.05, 4.69) is 9.98 Å². The number of ketones is 1. The molecule has 3 aromatic rings. The molecule has 2 heterocycles. The van der Waals surface area contributed by atoms with Gasteiger partial charge in [-0.25, -0.2) is 9.38 Å². The maximum absolute atomic E-state index is 13.0. The second-order valence-corrected chi connectivity index (χ2v) is 6.73. The summed E-state index contributed by atoms with van der Waals surface area (Å²) < 4.78 is 14.9. The number of rotatable bonds is 5. The van der Waals surface area contributed by atoms with Crippen LogP contribution in [0.15, 0.2) is 47.6 Å². The van der Waals surface area contributed by atoms with Gasteiger partial charge in [-0.2, -0.15) is 0 Å². The van der Waals surface area contributed by atoms with Crippen LogP contribution in [0.1, 0.15) is 22.3 Å². The highest BCUT2D eigenvalue weighted by Crippen LogP contribution is 2.20. The lowest BCUT2D eigenvalue weighted by molar-refractivity contribution is 0.102. The summed E-state index contributed by atoms with van der Waals surface area (Å²) in [6, 6.07) is 9.76. The number of benzene rings is 1. The van der Waals surface area contributed by atoms with Crippen LogP contribution in [-0.2, 0) is 6.54 Å². The quantitative estimate of drug-likeness (QED) is 0.652. The molecule has 0 unspecified atom stereocenters. The minimum Gasteiger partial charge on any atom is -0.395 e. The fourth-order valence-corrected chi connectivity index (χ4v) is 3.69. The van der Waals surface area contributed by atoms with Gasteiger partial charge in [-0.15, -0.1) is 12.4 Å². The summed E-state index contributed by atoms with van der Waals surface area (Å²) in [7, 11) is 0. The van der Waals surface area contributed by atoms with Crippen LogP contribution in [0.2, 0.25) is 0 Å². The number of hydrogen-bond donors (Lipinski definition) is 1. The molecule has 0 aliphatic heterocycles. The van der Waals surface area contributed by atoms with Gasteiger partial charge >= 0.3 is 0 Å². The van der Waals surface area contributed by atoms with Crippen molar-refractivity contribution in [1.82, 2.24) is 9.55 Å². The van der Waals surface area contributed by atoms with Crippen molar-refractivity contribution in [3.8, 4) is 11.3 Å². The van der Waals surface area contributed by atoms with E-state index in [4.69, 9.17) is 0 Å². The third-order valence-corrected chi connectivity index (χ3v) is 5.19. The van der Waals surface area contributed by atoms with Crippen molar-refractivity contribution in [3.63, 3.8) is 0 Å². The number of thiazole rings is 1. The van der Waals surface area contributed by atoms with E-state index in [1.807, 2.05) is 23.6 Å². The molecule has 0 saturated carbocycles. The Balaban J connectivity index is 0.00000261. The van der Waals surface area contributed by atoms with Crippen LogP contribution in [0, 0.1) is 12.7 Å². The van der Waals surface area contributed by atoms with Crippen molar-refractivity contribution in [1.29, 1.82) is 0 Å². The van der Waals surface area contributed by atoms with Gasteiger partial charge in [0.2, 0.25) is 0 Å². The number of aliphatic hydroxyl groups is 1. The molecule has 0 atom stereocenters. The van der Waals surface area contributed by atoms with E-state index >= 15 is 0 Å². The highest BCUT2D eigenvalue weighted by Gasteiger charge is 2.13. The van der Waals surface area contributed by atoms with Crippen molar-refractivity contribution in [2.24, 2.45) is 4.99 Å². The molecule has 2 aromatic heterocycles. The molecule has 0 fully saturated rings. The van der Waals surface area contributed by atoms with Crippen LogP contribution in [0.4, 0.5) is 10.1 Å². The summed E-state index contributed by atoms with van der Waals surface area (Å²) in [5.41, 5.74) is 2.98. The van der Waals surface area contributed by atoms with E-state index in [0.29, 0.717) is 21.9 Å². The van der Waals surface area contributed by atoms with E-state index in [1.165, 1.54) is 30.4 Å². The number of aliphatic hydroxyl groups excluding tert-OH is 1. The molecule has 0 spiro atoms. The van der Waals surface area contributed by atoms with Gasteiger partial charge in [0.1, 0.15) is 5.82 Å². The number of carbonyl (C=O) groups excluding carboxylic acids is 1. The number of aromatic nitrogens is 2. The standard InChI is InChI=1S/C19H18FN3O2S.ClH/c1-12-18(13(2)25)26-19(23(12)9-10-24)22-16-7-8-17(21-11-16)14-3-5-15(20)6-4-14;/h3-8,11,24H,9-10H2,1-2H3;1H. The van der Waals surface area contributed by atoms with Crippen LogP contribution >= 0.6 is 23.7 Å². The van der Waals surface area contributed by atoms with Crippen LogP contribution in [0.25, 0.3) is 11.3 Å². The molecule has 8 heteroatoms. The van der Waals surface area contributed by atoms with Gasteiger partial charge in [-0.05, 0) is 43.3 Å². The normalized spacial score (nSPS) is 11.3. The first-order valence-corrected chi connectivity index (χ1v) is 8.90. The van der Waals surface area contributed by atoms with Crippen molar-refractivity contribution >= 4 is 35.2 Å². The molecule has 142 valence electrons. The van der Waals surface area contributed by atoms with Crippen LogP contribution < -0.4 is 4.80 Å². The summed E-state index contributed by atoms with van der Waals surface area (Å²) in [4.78, 5) is 22.0. The van der Waals surface area contributed by atoms with Crippen molar-refractivity contribution in [2.45, 2.75) is 20.4 Å². The Bertz CT molecular complexity index is 995. The molecule has 0 saturated heterocycles. The number of hydrogen-bond acceptors (Lipinski definition) is 5. The minimum absolute atomic E-state index is 0. The highest BCUT2D eigenvalue weighted by molar-refractivity contribution is 7.11. The molecule has 1 aromatic carbocycles. The van der Waals surface area contributed by atoms with Crippen LogP contribution in [-0.4, -0.2) is 27.0 Å². The Morgan fingerprint density at radius 2 is 1.96 bits per heavy atom. The number of carbonyl (C=O) groups is 1. The monoisotopic (exact) mass is 407 g/mol. The maximum atomic E-state index is 13.0. The van der Waals surface area contributed by atoms with Crippen molar-refractivity contribution < 1.29 is 14.3 Å². The third kappa shape index (κ3) is 4.68. The van der Waals surface area contributed by atoms with Gasteiger partial charge in [-0.3, -0.25) is 9.78 Å². The molecule has 1 N–H and O–H groups in total. The second-order valence-electron chi connectivity index (χ2n) is 5.75. The van der Waals surface area contributed by atoms with Gasteiger partial charge in [0.15, 0.2) is 10.6 Å². The van der Waals surface area contributed by atoms with E-state index in [9.17, 15) is 14.3 Å². The molecular weight excluding hydrogens is 389 g/mol. The molecule has 0 aliphatic rings. The Morgan fingerprint density at radius 3 is 2.52 bits per heavy atom. The average molecular weight is 408 g/mol. The van der Waals surface area contributed by atoms with Gasteiger partial charge < -0.3 is 9.67 Å². The summed E-state index contributed by atoms with van der Waals surface area (Å²) >= 11 is 1.30. The second kappa shape index (κ2) is 9.03. The number of pyridine rings is 1. The lowest BCUT2D eigenvalue weighted by Crippen LogP contribution is -2.18. The molecule has 27 heavy (non-hydrogen) atoms. The summed E-state index contributed by atoms with van der Waals surface area (Å²) in [6.45, 7) is 3.70. The van der Waals surface area contributed by atoms with Crippen molar-refractivity contribution in [3.05, 3.63) is 63.8 Å². The predicted molar refractivity (Wildman–Crippen MR) is 106 cm³/mol. The van der Waals surface area contributed by atoms with E-state index in [1.54, 1.807) is 18.3 Å². The van der Waals surface area contributed by atoms with Crippen LogP contribution in [0.3, 0.4) is 0 Å². The molecule has 0 bridgehead atoms. The van der Waals surface area contributed by atoms with Crippen LogP contribution in [0.5, 0.6) is 0 Å². The average Bonchev–Trinajstić information content (AvgIpc) is 2.93. The summed E-state index contributed by atoms with van der Waals surface area (Å²) in [5.74, 6) is -0.312. The Labute approximate surface area is 166 Å². The first-order chi connectivity index (χ1) is 12.5. The van der Waals surface area contributed by atoms with Gasteiger partial charge in [0.05, 0.1) is 29.1 Å².